The molecule has 0 aromatic heterocycles. The van der Waals surface area contributed by atoms with Crippen LogP contribution >= 0.6 is 0 Å². The number of hydrogen-bond donors (Lipinski definition) is 1. The first kappa shape index (κ1) is 16.5. The Morgan fingerprint density at radius 1 is 1.45 bits per heavy atom. The van der Waals surface area contributed by atoms with E-state index in [1.54, 1.807) is 0 Å². The van der Waals surface area contributed by atoms with E-state index in [0.717, 1.165) is 36.8 Å². The second kappa shape index (κ2) is 7.44. The van der Waals surface area contributed by atoms with Crippen LogP contribution < -0.4 is 5.32 Å². The van der Waals surface area contributed by atoms with E-state index in [-0.39, 0.29) is 5.91 Å². The van der Waals surface area contributed by atoms with Crippen molar-refractivity contribution in [3.8, 4) is 0 Å². The Hall–Kier alpha value is -1.83. The zero-order valence-corrected chi connectivity index (χ0v) is 14.0. The third kappa shape index (κ3) is 4.33. The third-order valence-corrected chi connectivity index (χ3v) is 4.16. The van der Waals surface area contributed by atoms with Gasteiger partial charge in [-0.05, 0) is 61.3 Å². The van der Waals surface area contributed by atoms with E-state index in [4.69, 9.17) is 0 Å². The standard InChI is InChI=1S/C20H27NO/c1-5-7-14(3)12-16(6-2)17-8-11-19(15(4)13-17)20(22)21-18-9-10-18/h5,8,11-14,18H,1,6-7,9-10H2,2-4H3,(H,21,22). The molecule has 1 aliphatic carbocycles. The Labute approximate surface area is 134 Å². The number of rotatable bonds is 7. The van der Waals surface area contributed by atoms with Gasteiger partial charge in [-0.3, -0.25) is 4.79 Å². The number of benzene rings is 1. The summed E-state index contributed by atoms with van der Waals surface area (Å²) in [6.45, 7) is 10.2. The van der Waals surface area contributed by atoms with Gasteiger partial charge in [0.15, 0.2) is 0 Å². The molecule has 0 aliphatic heterocycles. The molecule has 118 valence electrons. The predicted molar refractivity (Wildman–Crippen MR) is 93.9 cm³/mol. The summed E-state index contributed by atoms with van der Waals surface area (Å²) in [5.74, 6) is 0.555. The Bertz CT molecular complexity index is 581. The van der Waals surface area contributed by atoms with Gasteiger partial charge in [-0.15, -0.1) is 6.58 Å². The first-order valence-electron chi connectivity index (χ1n) is 8.28. The molecule has 2 nitrogen and oxygen atoms in total. The molecule has 0 spiro atoms. The SMILES string of the molecule is C=CCC(C)C=C(CC)c1ccc(C(=O)NC2CC2)c(C)c1. The van der Waals surface area contributed by atoms with E-state index < -0.39 is 0 Å². The fraction of sp³-hybridized carbons (Fsp3) is 0.450. The molecule has 1 fully saturated rings. The van der Waals surface area contributed by atoms with E-state index >= 15 is 0 Å². The highest BCUT2D eigenvalue weighted by atomic mass is 16.1. The average Bonchev–Trinajstić information content (AvgIpc) is 3.28. The average molecular weight is 297 g/mol. The zero-order valence-electron chi connectivity index (χ0n) is 14.0. The van der Waals surface area contributed by atoms with Gasteiger partial charge in [0.05, 0.1) is 0 Å². The van der Waals surface area contributed by atoms with Gasteiger partial charge in [-0.25, -0.2) is 0 Å². The molecule has 1 unspecified atom stereocenters. The van der Waals surface area contributed by atoms with Gasteiger partial charge >= 0.3 is 0 Å². The Kier molecular flexibility index (Phi) is 5.59. The van der Waals surface area contributed by atoms with Gasteiger partial charge in [-0.1, -0.05) is 38.1 Å². The molecule has 2 rings (SSSR count). The molecule has 0 heterocycles. The molecule has 1 atom stereocenters. The maximum atomic E-state index is 12.2. The summed E-state index contributed by atoms with van der Waals surface area (Å²) in [6, 6.07) is 6.57. The summed E-state index contributed by atoms with van der Waals surface area (Å²) in [6.07, 6.45) is 8.50. The number of aryl methyl sites for hydroxylation is 1. The molecule has 0 radical (unpaired) electrons. The van der Waals surface area contributed by atoms with Gasteiger partial charge in [0, 0.05) is 11.6 Å². The molecule has 0 saturated heterocycles. The topological polar surface area (TPSA) is 29.1 Å². The fourth-order valence-electron chi connectivity index (χ4n) is 2.70. The van der Waals surface area contributed by atoms with E-state index in [2.05, 4.69) is 44.0 Å². The molecule has 2 heteroatoms. The van der Waals surface area contributed by atoms with Gasteiger partial charge in [0.1, 0.15) is 0 Å². The summed E-state index contributed by atoms with van der Waals surface area (Å²) in [4.78, 5) is 12.2. The van der Waals surface area contributed by atoms with Gasteiger partial charge in [0.25, 0.3) is 5.91 Å². The maximum Gasteiger partial charge on any atom is 0.251 e. The minimum atomic E-state index is 0.0635. The van der Waals surface area contributed by atoms with E-state index in [1.807, 2.05) is 19.1 Å². The highest BCUT2D eigenvalue weighted by molar-refractivity contribution is 5.96. The molecule has 1 saturated carbocycles. The number of carbonyl (C=O) groups excluding carboxylic acids is 1. The second-order valence-electron chi connectivity index (χ2n) is 6.32. The van der Waals surface area contributed by atoms with E-state index in [0.29, 0.717) is 12.0 Å². The third-order valence-electron chi connectivity index (χ3n) is 4.16. The summed E-state index contributed by atoms with van der Waals surface area (Å²) >= 11 is 0. The predicted octanol–water partition coefficient (Wildman–Crippen LogP) is 4.89. The molecule has 1 aromatic carbocycles. The van der Waals surface area contributed by atoms with Crippen molar-refractivity contribution >= 4 is 11.5 Å². The minimum Gasteiger partial charge on any atom is -0.349 e. The molecule has 1 amide bonds. The first-order valence-corrected chi connectivity index (χ1v) is 8.28. The van der Waals surface area contributed by atoms with Crippen molar-refractivity contribution in [1.82, 2.24) is 5.32 Å². The number of amides is 1. The van der Waals surface area contributed by atoms with Crippen LogP contribution in [0, 0.1) is 12.8 Å². The monoisotopic (exact) mass is 297 g/mol. The number of carbonyl (C=O) groups is 1. The molecule has 22 heavy (non-hydrogen) atoms. The molecular formula is C20H27NO. The van der Waals surface area contributed by atoms with E-state index in [1.165, 1.54) is 11.1 Å². The van der Waals surface area contributed by atoms with Crippen molar-refractivity contribution in [2.45, 2.75) is 52.5 Å². The lowest BCUT2D eigenvalue weighted by molar-refractivity contribution is 0.0950. The van der Waals surface area contributed by atoms with Crippen molar-refractivity contribution in [2.24, 2.45) is 5.92 Å². The maximum absolute atomic E-state index is 12.2. The van der Waals surface area contributed by atoms with Crippen LogP contribution in [0.15, 0.2) is 36.9 Å². The summed E-state index contributed by atoms with van der Waals surface area (Å²) in [5.41, 5.74) is 4.40. The van der Waals surface area contributed by atoms with Crippen LogP contribution in [-0.2, 0) is 0 Å². The smallest absolute Gasteiger partial charge is 0.251 e. The lowest BCUT2D eigenvalue weighted by Crippen LogP contribution is -2.26. The minimum absolute atomic E-state index is 0.0635. The van der Waals surface area contributed by atoms with Gasteiger partial charge in [-0.2, -0.15) is 0 Å². The summed E-state index contributed by atoms with van der Waals surface area (Å²) in [5, 5.41) is 3.06. The lowest BCUT2D eigenvalue weighted by Gasteiger charge is -2.12. The van der Waals surface area contributed by atoms with Crippen molar-refractivity contribution < 1.29 is 4.79 Å². The van der Waals surface area contributed by atoms with Crippen LogP contribution in [0.5, 0.6) is 0 Å². The Morgan fingerprint density at radius 3 is 2.73 bits per heavy atom. The normalized spacial score (nSPS) is 16.2. The number of nitrogens with one attached hydrogen (secondary N) is 1. The van der Waals surface area contributed by atoms with Crippen LogP contribution in [0.1, 0.15) is 61.0 Å². The summed E-state index contributed by atoms with van der Waals surface area (Å²) < 4.78 is 0. The highest BCUT2D eigenvalue weighted by Crippen LogP contribution is 2.25. The summed E-state index contributed by atoms with van der Waals surface area (Å²) in [7, 11) is 0. The van der Waals surface area contributed by atoms with Crippen molar-refractivity contribution in [1.29, 1.82) is 0 Å². The molecule has 1 aliphatic rings. The molecule has 1 N–H and O–H groups in total. The van der Waals surface area contributed by atoms with Crippen molar-refractivity contribution in [3.05, 3.63) is 53.6 Å². The molecule has 0 bridgehead atoms. The fourth-order valence-corrected chi connectivity index (χ4v) is 2.70. The first-order chi connectivity index (χ1) is 10.5. The zero-order chi connectivity index (χ0) is 16.1. The quantitative estimate of drug-likeness (QED) is 0.713. The highest BCUT2D eigenvalue weighted by Gasteiger charge is 2.24. The van der Waals surface area contributed by atoms with E-state index in [9.17, 15) is 4.79 Å². The second-order valence-corrected chi connectivity index (χ2v) is 6.32. The van der Waals surface area contributed by atoms with Gasteiger partial charge in [0.2, 0.25) is 0 Å². The van der Waals surface area contributed by atoms with Crippen LogP contribution in [-0.4, -0.2) is 11.9 Å². The van der Waals surface area contributed by atoms with Crippen molar-refractivity contribution in [3.63, 3.8) is 0 Å². The molecular weight excluding hydrogens is 270 g/mol. The lowest BCUT2D eigenvalue weighted by atomic mass is 9.94. The number of hydrogen-bond acceptors (Lipinski definition) is 1. The molecule has 1 aromatic rings. The van der Waals surface area contributed by atoms with Crippen LogP contribution in [0.4, 0.5) is 0 Å². The van der Waals surface area contributed by atoms with Crippen LogP contribution in [0.3, 0.4) is 0 Å². The Morgan fingerprint density at radius 2 is 2.18 bits per heavy atom. The van der Waals surface area contributed by atoms with Crippen molar-refractivity contribution in [2.75, 3.05) is 0 Å². The van der Waals surface area contributed by atoms with Gasteiger partial charge < -0.3 is 5.32 Å². The number of allylic oxidation sites excluding steroid dienone is 3. The largest absolute Gasteiger partial charge is 0.349 e. The van der Waals surface area contributed by atoms with Crippen LogP contribution in [0.25, 0.3) is 5.57 Å². The van der Waals surface area contributed by atoms with Crippen LogP contribution in [0.2, 0.25) is 0 Å². The Balaban J connectivity index is 2.18.